The second-order valence-electron chi connectivity index (χ2n) is 5.82. The highest BCUT2D eigenvalue weighted by Gasteiger charge is 2.22. The normalized spacial score (nSPS) is 12.1. The van der Waals surface area contributed by atoms with Crippen LogP contribution in [0.5, 0.6) is 5.75 Å². The highest BCUT2D eigenvalue weighted by molar-refractivity contribution is 9.10. The highest BCUT2D eigenvalue weighted by atomic mass is 79.9. The van der Waals surface area contributed by atoms with Crippen molar-refractivity contribution in [3.63, 3.8) is 0 Å². The van der Waals surface area contributed by atoms with Gasteiger partial charge in [-0.1, -0.05) is 46.5 Å². The van der Waals surface area contributed by atoms with E-state index < -0.39 is 6.04 Å². The van der Waals surface area contributed by atoms with E-state index in [9.17, 15) is 9.59 Å². The Morgan fingerprint density at radius 3 is 2.77 bits per heavy atom. The molecule has 5 nitrogen and oxygen atoms in total. The Morgan fingerprint density at radius 2 is 2.08 bits per heavy atom. The largest absolute Gasteiger partial charge is 0.496 e. The number of aromatic nitrogens is 1. The number of hydrogen-bond donors (Lipinski definition) is 1. The molecule has 0 bridgehead atoms. The van der Waals surface area contributed by atoms with Crippen molar-refractivity contribution in [2.75, 3.05) is 7.11 Å². The molecule has 136 valence electrons. The third kappa shape index (κ3) is 3.68. The van der Waals surface area contributed by atoms with Crippen molar-refractivity contribution in [3.8, 4) is 5.75 Å². The molecule has 0 radical (unpaired) electrons. The molecular weight excluding hydrogens is 416 g/mol. The summed E-state index contributed by atoms with van der Waals surface area (Å²) >= 11 is 4.76. The lowest BCUT2D eigenvalue weighted by Gasteiger charge is -2.16. The van der Waals surface area contributed by atoms with E-state index in [0.29, 0.717) is 24.1 Å². The number of rotatable bonds is 6. The van der Waals surface area contributed by atoms with Gasteiger partial charge in [0, 0.05) is 16.6 Å². The Balaban J connectivity index is 1.82. The molecule has 3 rings (SSSR count). The van der Waals surface area contributed by atoms with Crippen LogP contribution in [0, 0.1) is 0 Å². The van der Waals surface area contributed by atoms with Crippen LogP contribution in [0.3, 0.4) is 0 Å². The maximum Gasteiger partial charge on any atom is 0.269 e. The summed E-state index contributed by atoms with van der Waals surface area (Å²) in [5.74, 6) is 0.531. The summed E-state index contributed by atoms with van der Waals surface area (Å²) in [7, 11) is 1.60. The lowest BCUT2D eigenvalue weighted by Crippen LogP contribution is -2.34. The first-order valence-electron chi connectivity index (χ1n) is 8.25. The van der Waals surface area contributed by atoms with Gasteiger partial charge in [-0.2, -0.15) is 0 Å². The van der Waals surface area contributed by atoms with Gasteiger partial charge in [-0.25, -0.2) is 0 Å². The Labute approximate surface area is 163 Å². The average Bonchev–Trinajstić information content (AvgIpc) is 2.98. The number of ether oxygens (including phenoxy) is 1. The number of methoxy groups -OCH3 is 1. The molecule has 1 heterocycles. The second kappa shape index (κ2) is 8.05. The third-order valence-electron chi connectivity index (χ3n) is 4.18. The maximum atomic E-state index is 12.7. The standard InChI is InChI=1S/C19H19BrN2O3S/c1-3-15(22-19(24)14-6-4-5-7-17(14)26-22)18(23)21-11-12-10-13(20)8-9-16(12)25-2/h4-10,15H,3,11H2,1-2H3,(H,21,23). The van der Waals surface area contributed by atoms with Gasteiger partial charge in [0.25, 0.3) is 5.56 Å². The van der Waals surface area contributed by atoms with Gasteiger partial charge in [0.15, 0.2) is 0 Å². The smallest absolute Gasteiger partial charge is 0.269 e. The molecule has 3 aromatic rings. The predicted octanol–water partition coefficient (Wildman–Crippen LogP) is 4.10. The van der Waals surface area contributed by atoms with Gasteiger partial charge >= 0.3 is 0 Å². The van der Waals surface area contributed by atoms with E-state index in [-0.39, 0.29) is 11.5 Å². The van der Waals surface area contributed by atoms with Crippen molar-refractivity contribution in [1.82, 2.24) is 9.27 Å². The minimum atomic E-state index is -0.530. The van der Waals surface area contributed by atoms with Crippen molar-refractivity contribution in [1.29, 1.82) is 0 Å². The van der Waals surface area contributed by atoms with Crippen molar-refractivity contribution in [3.05, 3.63) is 62.9 Å². The third-order valence-corrected chi connectivity index (χ3v) is 5.85. The molecule has 1 N–H and O–H groups in total. The van der Waals surface area contributed by atoms with Crippen LogP contribution in [0.4, 0.5) is 0 Å². The zero-order chi connectivity index (χ0) is 18.7. The van der Waals surface area contributed by atoms with Crippen molar-refractivity contribution < 1.29 is 9.53 Å². The summed E-state index contributed by atoms with van der Waals surface area (Å²) in [6.07, 6.45) is 0.536. The van der Waals surface area contributed by atoms with Crippen molar-refractivity contribution >= 4 is 43.5 Å². The number of nitrogens with one attached hydrogen (secondary N) is 1. The van der Waals surface area contributed by atoms with Crippen LogP contribution < -0.4 is 15.6 Å². The second-order valence-corrected chi connectivity index (χ2v) is 7.75. The number of benzene rings is 2. The Bertz CT molecular complexity index is 996. The van der Waals surface area contributed by atoms with Gasteiger partial charge in [-0.05, 0) is 36.8 Å². The zero-order valence-corrected chi connectivity index (χ0v) is 16.9. The van der Waals surface area contributed by atoms with Crippen LogP contribution in [-0.4, -0.2) is 17.0 Å². The van der Waals surface area contributed by atoms with Gasteiger partial charge in [-0.15, -0.1) is 0 Å². The topological polar surface area (TPSA) is 60.3 Å². The Morgan fingerprint density at radius 1 is 1.31 bits per heavy atom. The lowest BCUT2D eigenvalue weighted by molar-refractivity contribution is -0.124. The molecule has 7 heteroatoms. The fourth-order valence-corrected chi connectivity index (χ4v) is 4.40. The predicted molar refractivity (Wildman–Crippen MR) is 108 cm³/mol. The van der Waals surface area contributed by atoms with E-state index in [4.69, 9.17) is 4.74 Å². The van der Waals surface area contributed by atoms with Gasteiger partial charge < -0.3 is 10.1 Å². The molecule has 0 saturated carbocycles. The van der Waals surface area contributed by atoms with Crippen LogP contribution in [0.25, 0.3) is 10.1 Å². The quantitative estimate of drug-likeness (QED) is 0.634. The number of carbonyl (C=O) groups excluding carboxylic acids is 1. The van der Waals surface area contributed by atoms with E-state index in [0.717, 1.165) is 14.7 Å². The number of halogens is 1. The molecule has 0 spiro atoms. The minimum absolute atomic E-state index is 0.118. The number of hydrogen-bond acceptors (Lipinski definition) is 4. The Kier molecular flexibility index (Phi) is 5.78. The van der Waals surface area contributed by atoms with E-state index in [2.05, 4.69) is 21.2 Å². The van der Waals surface area contributed by atoms with Crippen LogP contribution in [0.1, 0.15) is 24.9 Å². The lowest BCUT2D eigenvalue weighted by atomic mass is 10.1. The molecule has 0 saturated heterocycles. The molecule has 1 atom stereocenters. The van der Waals surface area contributed by atoms with Gasteiger partial charge in [0.05, 0.1) is 17.2 Å². The van der Waals surface area contributed by atoms with Crippen LogP contribution in [-0.2, 0) is 11.3 Å². The fraction of sp³-hybridized carbons (Fsp3) is 0.263. The van der Waals surface area contributed by atoms with Gasteiger partial charge in [0.1, 0.15) is 11.8 Å². The Hall–Kier alpha value is -2.12. The summed E-state index contributed by atoms with van der Waals surface area (Å²) in [6.45, 7) is 2.23. The minimum Gasteiger partial charge on any atom is -0.496 e. The fourth-order valence-electron chi connectivity index (χ4n) is 2.84. The number of nitrogens with zero attached hydrogens (tertiary/aromatic N) is 1. The first-order valence-corrected chi connectivity index (χ1v) is 9.82. The number of fused-ring (bicyclic) bond motifs is 1. The van der Waals surface area contributed by atoms with Crippen LogP contribution >= 0.6 is 27.5 Å². The zero-order valence-electron chi connectivity index (χ0n) is 14.5. The SMILES string of the molecule is CCC(C(=O)NCc1cc(Br)ccc1OC)n1sc2ccccc2c1=O. The molecule has 2 aromatic carbocycles. The maximum absolute atomic E-state index is 12.7. The van der Waals surface area contributed by atoms with Crippen LogP contribution in [0.2, 0.25) is 0 Å². The molecule has 1 unspecified atom stereocenters. The summed E-state index contributed by atoms with van der Waals surface area (Å²) in [6, 6.07) is 12.5. The molecule has 0 fully saturated rings. The summed E-state index contributed by atoms with van der Waals surface area (Å²) in [5.41, 5.74) is 0.751. The molecule has 0 aliphatic carbocycles. The summed E-state index contributed by atoms with van der Waals surface area (Å²) < 4.78 is 8.70. The average molecular weight is 435 g/mol. The first-order chi connectivity index (χ1) is 12.5. The van der Waals surface area contributed by atoms with E-state index in [1.54, 1.807) is 17.1 Å². The monoisotopic (exact) mass is 434 g/mol. The highest BCUT2D eigenvalue weighted by Crippen LogP contribution is 2.24. The molecule has 1 aromatic heterocycles. The number of amides is 1. The molecule has 0 aliphatic rings. The van der Waals surface area contributed by atoms with Crippen molar-refractivity contribution in [2.24, 2.45) is 0 Å². The van der Waals surface area contributed by atoms with E-state index in [1.807, 2.05) is 43.3 Å². The first kappa shape index (κ1) is 18.7. The molecule has 26 heavy (non-hydrogen) atoms. The summed E-state index contributed by atoms with van der Waals surface area (Å²) in [5, 5.41) is 3.58. The van der Waals surface area contributed by atoms with E-state index >= 15 is 0 Å². The van der Waals surface area contributed by atoms with Gasteiger partial charge in [-0.3, -0.25) is 13.5 Å². The molecular formula is C19H19BrN2O3S. The molecule has 1 amide bonds. The van der Waals surface area contributed by atoms with Crippen molar-refractivity contribution in [2.45, 2.75) is 25.9 Å². The molecule has 0 aliphatic heterocycles. The van der Waals surface area contributed by atoms with Crippen LogP contribution in [0.15, 0.2) is 51.7 Å². The van der Waals surface area contributed by atoms with E-state index in [1.165, 1.54) is 11.5 Å². The number of carbonyl (C=O) groups is 1. The van der Waals surface area contributed by atoms with Gasteiger partial charge in [0.2, 0.25) is 5.91 Å². The summed E-state index contributed by atoms with van der Waals surface area (Å²) in [4.78, 5) is 25.4.